The van der Waals surface area contributed by atoms with Crippen LogP contribution in [0.1, 0.15) is 11.3 Å². The molecule has 0 amide bonds. The molecule has 0 unspecified atom stereocenters. The first kappa shape index (κ1) is 13.3. The maximum atomic E-state index is 8.93. The lowest BCUT2D eigenvalue weighted by molar-refractivity contribution is 0.301. The first-order valence-corrected chi connectivity index (χ1v) is 7.40. The van der Waals surface area contributed by atoms with Gasteiger partial charge in [-0.05, 0) is 6.07 Å². The number of thioether (sulfide) groups is 1. The number of nitrogens with one attached hydrogen (secondary N) is 1. The predicted molar refractivity (Wildman–Crippen MR) is 74.4 cm³/mol. The van der Waals surface area contributed by atoms with E-state index >= 15 is 0 Å². The molecule has 2 heterocycles. The zero-order valence-corrected chi connectivity index (χ0v) is 11.2. The van der Waals surface area contributed by atoms with E-state index in [1.165, 1.54) is 24.6 Å². The van der Waals surface area contributed by atoms with Crippen LogP contribution >= 0.6 is 11.8 Å². The Morgan fingerprint density at radius 2 is 2.28 bits per heavy atom. The van der Waals surface area contributed by atoms with Gasteiger partial charge in [0.25, 0.3) is 0 Å². The van der Waals surface area contributed by atoms with Crippen LogP contribution in [0.2, 0.25) is 0 Å². The van der Waals surface area contributed by atoms with Crippen LogP contribution in [0.25, 0.3) is 0 Å². The Bertz CT molecular complexity index is 410. The maximum absolute atomic E-state index is 8.93. The highest BCUT2D eigenvalue weighted by Gasteiger charge is 2.09. The lowest BCUT2D eigenvalue weighted by atomic mass is 10.2. The molecule has 0 aromatic carbocycles. The molecule has 96 valence electrons. The molecule has 5 heteroatoms. The fourth-order valence-corrected chi connectivity index (χ4v) is 2.95. The van der Waals surface area contributed by atoms with Crippen LogP contribution in [0.15, 0.2) is 18.3 Å². The maximum Gasteiger partial charge on any atom is 0.144 e. The quantitative estimate of drug-likeness (QED) is 0.805. The second-order valence-corrected chi connectivity index (χ2v) is 5.48. The number of hydrogen-bond donors (Lipinski definition) is 1. The number of nitrogens with zero attached hydrogens (tertiary/aromatic N) is 3. The van der Waals surface area contributed by atoms with Crippen LogP contribution in [0, 0.1) is 11.3 Å². The van der Waals surface area contributed by atoms with Crippen molar-refractivity contribution >= 4 is 11.8 Å². The molecule has 0 bridgehead atoms. The van der Waals surface area contributed by atoms with Crippen LogP contribution in [-0.4, -0.2) is 47.6 Å². The van der Waals surface area contributed by atoms with E-state index in [0.717, 1.165) is 25.2 Å². The second kappa shape index (κ2) is 7.37. The van der Waals surface area contributed by atoms with E-state index in [1.54, 1.807) is 6.20 Å². The summed E-state index contributed by atoms with van der Waals surface area (Å²) in [6, 6.07) is 5.95. The molecule has 1 aromatic rings. The fourth-order valence-electron chi connectivity index (χ4n) is 1.97. The average molecular weight is 262 g/mol. The Morgan fingerprint density at radius 3 is 3.06 bits per heavy atom. The molecule has 1 aromatic heterocycles. The summed E-state index contributed by atoms with van der Waals surface area (Å²) >= 11 is 2.03. The van der Waals surface area contributed by atoms with E-state index in [4.69, 9.17) is 5.26 Å². The Morgan fingerprint density at radius 1 is 1.44 bits per heavy atom. The summed E-state index contributed by atoms with van der Waals surface area (Å²) in [6.07, 6.45) is 1.66. The first-order chi connectivity index (χ1) is 8.90. The standard InChI is InChI=1S/C13H18N4S/c14-10-13-12(2-1-3-16-13)11-15-4-5-17-6-8-18-9-7-17/h1-3,15H,4-9,11H2. The van der Waals surface area contributed by atoms with E-state index in [2.05, 4.69) is 21.3 Å². The van der Waals surface area contributed by atoms with Gasteiger partial charge in [0.05, 0.1) is 0 Å². The lowest BCUT2D eigenvalue weighted by Crippen LogP contribution is -2.37. The van der Waals surface area contributed by atoms with E-state index in [-0.39, 0.29) is 0 Å². The van der Waals surface area contributed by atoms with Gasteiger partial charge in [0, 0.05) is 56.0 Å². The van der Waals surface area contributed by atoms with Crippen molar-refractivity contribution in [3.63, 3.8) is 0 Å². The first-order valence-electron chi connectivity index (χ1n) is 6.25. The van der Waals surface area contributed by atoms with Crippen molar-refractivity contribution < 1.29 is 0 Å². The topological polar surface area (TPSA) is 52.0 Å². The van der Waals surface area contributed by atoms with Crippen molar-refractivity contribution in [3.05, 3.63) is 29.6 Å². The van der Waals surface area contributed by atoms with Gasteiger partial charge in [-0.1, -0.05) is 6.07 Å². The van der Waals surface area contributed by atoms with Gasteiger partial charge in [0.1, 0.15) is 11.8 Å². The Kier molecular flexibility index (Phi) is 5.46. The predicted octanol–water partition coefficient (Wildman–Crippen LogP) is 1.09. The minimum absolute atomic E-state index is 0.527. The molecule has 2 rings (SSSR count). The van der Waals surface area contributed by atoms with Gasteiger partial charge in [0.2, 0.25) is 0 Å². The monoisotopic (exact) mass is 262 g/mol. The molecule has 4 nitrogen and oxygen atoms in total. The minimum Gasteiger partial charge on any atom is -0.311 e. The molecule has 0 atom stereocenters. The van der Waals surface area contributed by atoms with Crippen LogP contribution in [0.3, 0.4) is 0 Å². The summed E-state index contributed by atoms with van der Waals surface area (Å²) in [7, 11) is 0. The summed E-state index contributed by atoms with van der Waals surface area (Å²) in [4.78, 5) is 6.54. The molecule has 0 saturated carbocycles. The zero-order valence-electron chi connectivity index (χ0n) is 10.4. The highest BCUT2D eigenvalue weighted by molar-refractivity contribution is 7.99. The van der Waals surface area contributed by atoms with Gasteiger partial charge in [-0.3, -0.25) is 0 Å². The summed E-state index contributed by atoms with van der Waals surface area (Å²) in [5, 5.41) is 12.3. The van der Waals surface area contributed by atoms with Crippen molar-refractivity contribution in [2.45, 2.75) is 6.54 Å². The van der Waals surface area contributed by atoms with Crippen LogP contribution in [0.5, 0.6) is 0 Å². The Hall–Kier alpha value is -1.09. The fraction of sp³-hybridized carbons (Fsp3) is 0.538. The third-order valence-corrected chi connectivity index (χ3v) is 3.96. The molecule has 0 aliphatic carbocycles. The normalized spacial score (nSPS) is 16.4. The van der Waals surface area contributed by atoms with Gasteiger partial charge in [-0.2, -0.15) is 17.0 Å². The van der Waals surface area contributed by atoms with Gasteiger partial charge < -0.3 is 10.2 Å². The summed E-state index contributed by atoms with van der Waals surface area (Å²) in [5.41, 5.74) is 1.51. The van der Waals surface area contributed by atoms with E-state index in [9.17, 15) is 0 Å². The second-order valence-electron chi connectivity index (χ2n) is 4.25. The van der Waals surface area contributed by atoms with Crippen molar-refractivity contribution in [3.8, 4) is 6.07 Å². The van der Waals surface area contributed by atoms with Crippen LogP contribution < -0.4 is 5.32 Å². The van der Waals surface area contributed by atoms with Crippen molar-refractivity contribution in [1.29, 1.82) is 5.26 Å². The highest BCUT2D eigenvalue weighted by Crippen LogP contribution is 2.08. The van der Waals surface area contributed by atoms with Gasteiger partial charge in [-0.25, -0.2) is 4.98 Å². The van der Waals surface area contributed by atoms with Gasteiger partial charge >= 0.3 is 0 Å². The molecule has 0 radical (unpaired) electrons. The van der Waals surface area contributed by atoms with E-state index in [1.807, 2.05) is 23.9 Å². The summed E-state index contributed by atoms with van der Waals surface area (Å²) in [5.74, 6) is 2.50. The van der Waals surface area contributed by atoms with Crippen molar-refractivity contribution in [1.82, 2.24) is 15.2 Å². The highest BCUT2D eigenvalue weighted by atomic mass is 32.2. The number of aromatic nitrogens is 1. The molecular formula is C13H18N4S. The molecule has 0 spiro atoms. The molecular weight excluding hydrogens is 244 g/mol. The Balaban J connectivity index is 1.70. The number of pyridine rings is 1. The Labute approximate surface area is 112 Å². The van der Waals surface area contributed by atoms with Gasteiger partial charge in [-0.15, -0.1) is 0 Å². The van der Waals surface area contributed by atoms with Gasteiger partial charge in [0.15, 0.2) is 0 Å². The molecule has 1 N–H and O–H groups in total. The minimum atomic E-state index is 0.527. The van der Waals surface area contributed by atoms with Crippen molar-refractivity contribution in [2.75, 3.05) is 37.7 Å². The van der Waals surface area contributed by atoms with E-state index < -0.39 is 0 Å². The van der Waals surface area contributed by atoms with Crippen LogP contribution in [0.4, 0.5) is 0 Å². The molecule has 1 aliphatic heterocycles. The summed E-state index contributed by atoms with van der Waals surface area (Å²) < 4.78 is 0. The molecule has 1 aliphatic rings. The molecule has 1 fully saturated rings. The van der Waals surface area contributed by atoms with Crippen molar-refractivity contribution in [2.24, 2.45) is 0 Å². The third kappa shape index (κ3) is 3.98. The molecule has 18 heavy (non-hydrogen) atoms. The lowest BCUT2D eigenvalue weighted by Gasteiger charge is -2.26. The SMILES string of the molecule is N#Cc1ncccc1CNCCN1CCSCC1. The summed E-state index contributed by atoms with van der Waals surface area (Å²) in [6.45, 7) is 5.16. The largest absolute Gasteiger partial charge is 0.311 e. The smallest absolute Gasteiger partial charge is 0.144 e. The third-order valence-electron chi connectivity index (χ3n) is 3.02. The zero-order chi connectivity index (χ0) is 12.6. The number of hydrogen-bond acceptors (Lipinski definition) is 5. The number of nitriles is 1. The number of rotatable bonds is 5. The van der Waals surface area contributed by atoms with Crippen LogP contribution in [-0.2, 0) is 6.54 Å². The average Bonchev–Trinajstić information content (AvgIpc) is 2.45. The molecule has 1 saturated heterocycles. The van der Waals surface area contributed by atoms with E-state index in [0.29, 0.717) is 5.69 Å².